The molecule has 0 saturated heterocycles. The quantitative estimate of drug-likeness (QED) is 0.788. The predicted molar refractivity (Wildman–Crippen MR) is 66.6 cm³/mol. The molecule has 0 aliphatic heterocycles. The summed E-state index contributed by atoms with van der Waals surface area (Å²) in [6.45, 7) is 0.248. The lowest BCUT2D eigenvalue weighted by Gasteiger charge is -2.08. The van der Waals surface area contributed by atoms with Crippen LogP contribution in [0.1, 0.15) is 21.7 Å². The van der Waals surface area contributed by atoms with E-state index in [4.69, 9.17) is 16.3 Å². The van der Waals surface area contributed by atoms with Gasteiger partial charge in [0.05, 0.1) is 18.8 Å². The molecule has 1 aromatic heterocycles. The fourth-order valence-corrected chi connectivity index (χ4v) is 1.91. The molecule has 19 heavy (non-hydrogen) atoms. The minimum Gasteiger partial charge on any atom is -0.378 e. The molecule has 1 aromatic carbocycles. The number of halogens is 2. The van der Waals surface area contributed by atoms with Crippen LogP contribution in [0.4, 0.5) is 4.39 Å². The van der Waals surface area contributed by atoms with Crippen molar-refractivity contribution in [1.29, 1.82) is 0 Å². The zero-order chi connectivity index (χ0) is 13.8. The van der Waals surface area contributed by atoms with E-state index >= 15 is 0 Å². The molecular weight excluding hydrogens is 273 g/mol. The smallest absolute Gasteiger partial charge is 0.172 e. The molecule has 0 amide bonds. The Hall–Kier alpha value is -1.79. The maximum atomic E-state index is 13.7. The van der Waals surface area contributed by atoms with Gasteiger partial charge in [0, 0.05) is 17.7 Å². The molecule has 0 atom stereocenters. The standard InChI is InChI=1S/C12H11ClFN3O2/c1-19-7-12-11(6-18)15-16-17(12)5-8-9(13)3-2-4-10(8)14/h2-4,6H,5,7H2,1H3. The Labute approximate surface area is 113 Å². The van der Waals surface area contributed by atoms with Gasteiger partial charge in [-0.3, -0.25) is 4.79 Å². The number of hydrogen-bond acceptors (Lipinski definition) is 4. The first-order valence-corrected chi connectivity index (χ1v) is 5.84. The Morgan fingerprint density at radius 2 is 2.32 bits per heavy atom. The molecule has 0 saturated carbocycles. The van der Waals surface area contributed by atoms with E-state index in [1.165, 1.54) is 23.9 Å². The minimum atomic E-state index is -0.431. The number of hydrogen-bond donors (Lipinski definition) is 0. The van der Waals surface area contributed by atoms with Crippen LogP contribution in [0.25, 0.3) is 0 Å². The van der Waals surface area contributed by atoms with Gasteiger partial charge < -0.3 is 4.74 Å². The van der Waals surface area contributed by atoms with Crippen LogP contribution in [-0.2, 0) is 17.9 Å². The van der Waals surface area contributed by atoms with Gasteiger partial charge in [0.2, 0.25) is 0 Å². The summed E-state index contributed by atoms with van der Waals surface area (Å²) in [5.41, 5.74) is 0.954. The molecule has 100 valence electrons. The molecule has 2 aromatic rings. The molecule has 0 N–H and O–H groups in total. The third-order valence-electron chi connectivity index (χ3n) is 2.63. The highest BCUT2D eigenvalue weighted by molar-refractivity contribution is 6.31. The van der Waals surface area contributed by atoms with Gasteiger partial charge >= 0.3 is 0 Å². The van der Waals surface area contributed by atoms with Gasteiger partial charge in [-0.2, -0.15) is 0 Å². The number of benzene rings is 1. The molecule has 7 heteroatoms. The van der Waals surface area contributed by atoms with Crippen LogP contribution in [0, 0.1) is 5.82 Å². The predicted octanol–water partition coefficient (Wildman–Crippen LogP) is 2.08. The van der Waals surface area contributed by atoms with Gasteiger partial charge in [-0.05, 0) is 12.1 Å². The minimum absolute atomic E-state index is 0.0883. The van der Waals surface area contributed by atoms with Crippen molar-refractivity contribution in [2.24, 2.45) is 0 Å². The van der Waals surface area contributed by atoms with Gasteiger partial charge in [-0.15, -0.1) is 5.10 Å². The first kappa shape index (κ1) is 13.6. The third-order valence-corrected chi connectivity index (χ3v) is 2.98. The molecule has 0 spiro atoms. The van der Waals surface area contributed by atoms with Crippen molar-refractivity contribution < 1.29 is 13.9 Å². The second-order valence-electron chi connectivity index (χ2n) is 3.83. The van der Waals surface area contributed by atoms with Crippen molar-refractivity contribution in [3.63, 3.8) is 0 Å². The van der Waals surface area contributed by atoms with E-state index in [1.807, 2.05) is 0 Å². The van der Waals surface area contributed by atoms with Crippen molar-refractivity contribution >= 4 is 17.9 Å². The fraction of sp³-hybridized carbons (Fsp3) is 0.250. The molecule has 0 aliphatic carbocycles. The fourth-order valence-electron chi connectivity index (χ4n) is 1.68. The van der Waals surface area contributed by atoms with Crippen LogP contribution in [0.5, 0.6) is 0 Å². The van der Waals surface area contributed by atoms with E-state index < -0.39 is 5.82 Å². The Morgan fingerprint density at radius 1 is 1.53 bits per heavy atom. The molecule has 0 unspecified atom stereocenters. The summed E-state index contributed by atoms with van der Waals surface area (Å²) < 4.78 is 20.1. The molecular formula is C12H11ClFN3O2. The summed E-state index contributed by atoms with van der Waals surface area (Å²) in [6.07, 6.45) is 0.584. The number of ether oxygens (including phenoxy) is 1. The number of rotatable bonds is 5. The number of methoxy groups -OCH3 is 1. The van der Waals surface area contributed by atoms with E-state index in [2.05, 4.69) is 10.3 Å². The van der Waals surface area contributed by atoms with Crippen LogP contribution in [-0.4, -0.2) is 28.4 Å². The lowest BCUT2D eigenvalue weighted by molar-refractivity contribution is 0.111. The van der Waals surface area contributed by atoms with Crippen LogP contribution < -0.4 is 0 Å². The molecule has 0 fully saturated rings. The van der Waals surface area contributed by atoms with E-state index in [0.29, 0.717) is 22.6 Å². The molecule has 2 rings (SSSR count). The summed E-state index contributed by atoms with van der Waals surface area (Å²) in [5.74, 6) is -0.431. The molecule has 0 bridgehead atoms. The average Bonchev–Trinajstić information content (AvgIpc) is 2.77. The number of carbonyl (C=O) groups is 1. The largest absolute Gasteiger partial charge is 0.378 e. The van der Waals surface area contributed by atoms with Crippen molar-refractivity contribution in [1.82, 2.24) is 15.0 Å². The van der Waals surface area contributed by atoms with Crippen LogP contribution >= 0.6 is 11.6 Å². The topological polar surface area (TPSA) is 57.0 Å². The third kappa shape index (κ3) is 2.80. The summed E-state index contributed by atoms with van der Waals surface area (Å²) in [6, 6.07) is 4.43. The van der Waals surface area contributed by atoms with Gasteiger partial charge in [0.15, 0.2) is 12.0 Å². The van der Waals surface area contributed by atoms with E-state index in [-0.39, 0.29) is 18.8 Å². The van der Waals surface area contributed by atoms with E-state index in [9.17, 15) is 9.18 Å². The van der Waals surface area contributed by atoms with Gasteiger partial charge in [-0.1, -0.05) is 22.9 Å². The highest BCUT2D eigenvalue weighted by atomic mass is 35.5. The molecule has 0 aliphatic rings. The first-order chi connectivity index (χ1) is 9.17. The molecule has 0 radical (unpaired) electrons. The lowest BCUT2D eigenvalue weighted by Crippen LogP contribution is -2.10. The Kier molecular flexibility index (Phi) is 4.24. The Balaban J connectivity index is 2.38. The van der Waals surface area contributed by atoms with Gasteiger partial charge in [0.25, 0.3) is 0 Å². The van der Waals surface area contributed by atoms with Crippen molar-refractivity contribution in [3.05, 3.63) is 46.0 Å². The number of nitrogens with zero attached hydrogens (tertiary/aromatic N) is 3. The first-order valence-electron chi connectivity index (χ1n) is 5.46. The maximum Gasteiger partial charge on any atom is 0.172 e. The highest BCUT2D eigenvalue weighted by Crippen LogP contribution is 2.20. The molecule has 5 nitrogen and oxygen atoms in total. The monoisotopic (exact) mass is 283 g/mol. The van der Waals surface area contributed by atoms with Crippen molar-refractivity contribution in [3.8, 4) is 0 Å². The zero-order valence-corrected chi connectivity index (χ0v) is 10.9. The highest BCUT2D eigenvalue weighted by Gasteiger charge is 2.15. The number of carbonyl (C=O) groups excluding carboxylic acids is 1. The average molecular weight is 284 g/mol. The molecule has 1 heterocycles. The maximum absolute atomic E-state index is 13.7. The number of aromatic nitrogens is 3. The van der Waals surface area contributed by atoms with Crippen LogP contribution in [0.15, 0.2) is 18.2 Å². The van der Waals surface area contributed by atoms with Gasteiger partial charge in [-0.25, -0.2) is 9.07 Å². The van der Waals surface area contributed by atoms with Crippen LogP contribution in [0.3, 0.4) is 0 Å². The Morgan fingerprint density at radius 3 is 2.95 bits per heavy atom. The van der Waals surface area contributed by atoms with E-state index in [1.54, 1.807) is 6.07 Å². The van der Waals surface area contributed by atoms with Gasteiger partial charge in [0.1, 0.15) is 5.82 Å². The normalized spacial score (nSPS) is 10.7. The Bertz CT molecular complexity index is 580. The van der Waals surface area contributed by atoms with Crippen molar-refractivity contribution in [2.75, 3.05) is 7.11 Å². The second-order valence-corrected chi connectivity index (χ2v) is 4.24. The van der Waals surface area contributed by atoms with E-state index in [0.717, 1.165) is 0 Å². The number of aldehydes is 1. The lowest BCUT2D eigenvalue weighted by atomic mass is 10.2. The second kappa shape index (κ2) is 5.90. The zero-order valence-electron chi connectivity index (χ0n) is 10.1. The summed E-state index contributed by atoms with van der Waals surface area (Å²) in [5, 5.41) is 7.82. The summed E-state index contributed by atoms with van der Waals surface area (Å²) >= 11 is 5.95. The summed E-state index contributed by atoms with van der Waals surface area (Å²) in [4.78, 5) is 10.8. The summed E-state index contributed by atoms with van der Waals surface area (Å²) in [7, 11) is 1.49. The SMILES string of the molecule is COCc1c(C=O)nnn1Cc1c(F)cccc1Cl. The van der Waals surface area contributed by atoms with Crippen molar-refractivity contribution in [2.45, 2.75) is 13.2 Å². The van der Waals surface area contributed by atoms with Crippen LogP contribution in [0.2, 0.25) is 5.02 Å².